The SMILES string of the molecule is CS(=O)(=O)N1CC[C@]2(O)CCN(Cc3ncc[nH]3)C[C@@H]2C1. The molecule has 3 rings (SSSR count). The van der Waals surface area contributed by atoms with Crippen LogP contribution >= 0.6 is 0 Å². The van der Waals surface area contributed by atoms with Crippen molar-refractivity contribution in [3.63, 3.8) is 0 Å². The Hall–Kier alpha value is -0.960. The molecule has 1 aromatic rings. The van der Waals surface area contributed by atoms with Gasteiger partial charge in [-0.1, -0.05) is 0 Å². The maximum atomic E-state index is 11.7. The van der Waals surface area contributed by atoms with Crippen LogP contribution in [0.15, 0.2) is 12.4 Å². The molecule has 0 saturated carbocycles. The normalized spacial score (nSPS) is 32.0. The predicted molar refractivity (Wildman–Crippen MR) is 78.0 cm³/mol. The number of aromatic amines is 1. The number of imidazole rings is 1. The molecule has 0 bridgehead atoms. The smallest absolute Gasteiger partial charge is 0.211 e. The number of aliphatic hydroxyl groups is 1. The summed E-state index contributed by atoms with van der Waals surface area (Å²) < 4.78 is 24.9. The molecular formula is C13H22N4O3S. The van der Waals surface area contributed by atoms with Gasteiger partial charge in [0, 0.05) is 44.5 Å². The topological polar surface area (TPSA) is 89.5 Å². The fourth-order valence-corrected chi connectivity index (χ4v) is 4.26. The van der Waals surface area contributed by atoms with Crippen molar-refractivity contribution < 1.29 is 13.5 Å². The van der Waals surface area contributed by atoms with Crippen LogP contribution in [0.2, 0.25) is 0 Å². The monoisotopic (exact) mass is 314 g/mol. The molecule has 2 atom stereocenters. The first-order valence-corrected chi connectivity index (χ1v) is 9.10. The van der Waals surface area contributed by atoms with Crippen LogP contribution in [-0.2, 0) is 16.6 Å². The van der Waals surface area contributed by atoms with E-state index < -0.39 is 15.6 Å². The van der Waals surface area contributed by atoms with Crippen molar-refractivity contribution in [2.75, 3.05) is 32.4 Å². The van der Waals surface area contributed by atoms with Crippen molar-refractivity contribution in [3.05, 3.63) is 18.2 Å². The first-order valence-electron chi connectivity index (χ1n) is 7.25. The van der Waals surface area contributed by atoms with Gasteiger partial charge in [0.15, 0.2) is 0 Å². The van der Waals surface area contributed by atoms with Gasteiger partial charge in [0.05, 0.1) is 18.4 Å². The van der Waals surface area contributed by atoms with Crippen molar-refractivity contribution in [1.82, 2.24) is 19.2 Å². The van der Waals surface area contributed by atoms with E-state index in [4.69, 9.17) is 0 Å². The second-order valence-corrected chi connectivity index (χ2v) is 8.17. The van der Waals surface area contributed by atoms with Gasteiger partial charge in [-0.3, -0.25) is 4.90 Å². The molecule has 2 aliphatic rings. The minimum Gasteiger partial charge on any atom is -0.389 e. The van der Waals surface area contributed by atoms with Crippen molar-refractivity contribution in [2.45, 2.75) is 25.0 Å². The highest BCUT2D eigenvalue weighted by Crippen LogP contribution is 2.36. The molecule has 3 heterocycles. The van der Waals surface area contributed by atoms with Gasteiger partial charge >= 0.3 is 0 Å². The number of hydrogen-bond donors (Lipinski definition) is 2. The van der Waals surface area contributed by atoms with E-state index in [1.807, 2.05) is 0 Å². The summed E-state index contributed by atoms with van der Waals surface area (Å²) in [5, 5.41) is 10.7. The molecular weight excluding hydrogens is 292 g/mol. The molecule has 8 heteroatoms. The zero-order valence-corrected chi connectivity index (χ0v) is 13.0. The molecule has 0 radical (unpaired) electrons. The second kappa shape index (κ2) is 5.35. The zero-order chi connectivity index (χ0) is 15.1. The lowest BCUT2D eigenvalue weighted by Gasteiger charge is -2.49. The van der Waals surface area contributed by atoms with Gasteiger partial charge in [-0.15, -0.1) is 0 Å². The van der Waals surface area contributed by atoms with Gasteiger partial charge in [0.25, 0.3) is 0 Å². The van der Waals surface area contributed by atoms with E-state index in [0.717, 1.165) is 12.4 Å². The number of nitrogens with zero attached hydrogens (tertiary/aromatic N) is 3. The van der Waals surface area contributed by atoms with E-state index >= 15 is 0 Å². The quantitative estimate of drug-likeness (QED) is 0.794. The molecule has 118 valence electrons. The summed E-state index contributed by atoms with van der Waals surface area (Å²) in [6, 6.07) is 0. The third-order valence-corrected chi connectivity index (χ3v) is 5.98. The Morgan fingerprint density at radius 3 is 2.86 bits per heavy atom. The highest BCUT2D eigenvalue weighted by molar-refractivity contribution is 7.88. The van der Waals surface area contributed by atoms with E-state index in [1.165, 1.54) is 10.6 Å². The molecule has 1 aromatic heterocycles. The molecule has 0 aliphatic carbocycles. The Bertz CT molecular complexity index is 589. The minimum atomic E-state index is -3.19. The van der Waals surface area contributed by atoms with Crippen LogP contribution in [0.1, 0.15) is 18.7 Å². The summed E-state index contributed by atoms with van der Waals surface area (Å²) in [4.78, 5) is 9.52. The fraction of sp³-hybridized carbons (Fsp3) is 0.769. The second-order valence-electron chi connectivity index (χ2n) is 6.19. The Kier molecular flexibility index (Phi) is 3.81. The van der Waals surface area contributed by atoms with Gasteiger partial charge < -0.3 is 10.1 Å². The molecule has 21 heavy (non-hydrogen) atoms. The van der Waals surface area contributed by atoms with Crippen molar-refractivity contribution in [2.24, 2.45) is 5.92 Å². The Balaban J connectivity index is 1.69. The standard InChI is InChI=1S/C13H22N4O3S/c1-21(19,20)17-7-3-13(18)2-6-16(8-11(13)9-17)10-12-14-4-5-15-12/h4-5,11,18H,2-3,6-10H2,1H3,(H,14,15)/t11-,13-/m1/s1. The number of hydrogen-bond acceptors (Lipinski definition) is 5. The number of rotatable bonds is 3. The fourth-order valence-electron chi connectivity index (χ4n) is 3.38. The first kappa shape index (κ1) is 15.0. The molecule has 0 spiro atoms. The average molecular weight is 314 g/mol. The minimum absolute atomic E-state index is 0.0373. The maximum absolute atomic E-state index is 11.7. The van der Waals surface area contributed by atoms with Gasteiger partial charge in [0.1, 0.15) is 5.82 Å². The van der Waals surface area contributed by atoms with Crippen LogP contribution in [0.3, 0.4) is 0 Å². The zero-order valence-electron chi connectivity index (χ0n) is 12.2. The lowest BCUT2D eigenvalue weighted by atomic mass is 9.76. The van der Waals surface area contributed by atoms with E-state index in [0.29, 0.717) is 39.0 Å². The third kappa shape index (κ3) is 3.13. The maximum Gasteiger partial charge on any atom is 0.211 e. The highest BCUT2D eigenvalue weighted by Gasteiger charge is 2.46. The summed E-state index contributed by atoms with van der Waals surface area (Å²) in [5.41, 5.74) is -0.721. The number of likely N-dealkylation sites (tertiary alicyclic amines) is 1. The van der Waals surface area contributed by atoms with E-state index in [-0.39, 0.29) is 5.92 Å². The van der Waals surface area contributed by atoms with E-state index in [9.17, 15) is 13.5 Å². The van der Waals surface area contributed by atoms with Crippen LogP contribution in [0.25, 0.3) is 0 Å². The van der Waals surface area contributed by atoms with Crippen LogP contribution < -0.4 is 0 Å². The van der Waals surface area contributed by atoms with Crippen molar-refractivity contribution in [1.29, 1.82) is 0 Å². The van der Waals surface area contributed by atoms with Crippen LogP contribution in [0, 0.1) is 5.92 Å². The summed E-state index contributed by atoms with van der Waals surface area (Å²) in [6.45, 7) is 3.04. The Morgan fingerprint density at radius 2 is 2.19 bits per heavy atom. The summed E-state index contributed by atoms with van der Waals surface area (Å²) in [5.74, 6) is 0.862. The lowest BCUT2D eigenvalue weighted by molar-refractivity contribution is -0.103. The van der Waals surface area contributed by atoms with Crippen LogP contribution in [0.4, 0.5) is 0 Å². The molecule has 0 amide bonds. The van der Waals surface area contributed by atoms with Gasteiger partial charge in [-0.05, 0) is 12.8 Å². The number of sulfonamides is 1. The third-order valence-electron chi connectivity index (χ3n) is 4.71. The van der Waals surface area contributed by atoms with Crippen molar-refractivity contribution in [3.8, 4) is 0 Å². The first-order chi connectivity index (χ1) is 9.87. The number of nitrogens with one attached hydrogen (secondary N) is 1. The Labute approximate surface area is 125 Å². The summed E-state index contributed by atoms with van der Waals surface area (Å²) >= 11 is 0. The predicted octanol–water partition coefficient (Wildman–Crippen LogP) is -0.372. The van der Waals surface area contributed by atoms with Gasteiger partial charge in [0.2, 0.25) is 10.0 Å². The molecule has 2 fully saturated rings. The molecule has 2 aliphatic heterocycles. The lowest BCUT2D eigenvalue weighted by Crippen LogP contribution is -2.60. The molecule has 2 N–H and O–H groups in total. The highest BCUT2D eigenvalue weighted by atomic mass is 32.2. The molecule has 0 unspecified atom stereocenters. The number of fused-ring (bicyclic) bond motifs is 1. The number of H-pyrrole nitrogens is 1. The van der Waals surface area contributed by atoms with Gasteiger partial charge in [-0.2, -0.15) is 0 Å². The number of aromatic nitrogens is 2. The average Bonchev–Trinajstić information content (AvgIpc) is 2.90. The van der Waals surface area contributed by atoms with Crippen LogP contribution in [0.5, 0.6) is 0 Å². The largest absolute Gasteiger partial charge is 0.389 e. The van der Waals surface area contributed by atoms with Crippen LogP contribution in [-0.4, -0.2) is 70.7 Å². The van der Waals surface area contributed by atoms with E-state index in [1.54, 1.807) is 12.4 Å². The van der Waals surface area contributed by atoms with Crippen molar-refractivity contribution >= 4 is 10.0 Å². The van der Waals surface area contributed by atoms with Gasteiger partial charge in [-0.25, -0.2) is 17.7 Å². The number of piperidine rings is 2. The summed E-state index contributed by atoms with van der Waals surface area (Å²) in [6.07, 6.45) is 5.97. The molecule has 7 nitrogen and oxygen atoms in total. The molecule has 0 aromatic carbocycles. The van der Waals surface area contributed by atoms with E-state index in [2.05, 4.69) is 14.9 Å². The molecule has 2 saturated heterocycles. The summed E-state index contributed by atoms with van der Waals surface area (Å²) in [7, 11) is -3.19. The Morgan fingerprint density at radius 1 is 1.43 bits per heavy atom.